The first-order valence-electron chi connectivity index (χ1n) is 3.79. The summed E-state index contributed by atoms with van der Waals surface area (Å²) < 4.78 is 5.00. The summed E-state index contributed by atoms with van der Waals surface area (Å²) >= 11 is 1.88. The largest absolute Gasteiger partial charge is 0.316 e. The van der Waals surface area contributed by atoms with E-state index in [1.807, 2.05) is 29.9 Å². The Balaban J connectivity index is 3.91. The highest BCUT2D eigenvalue weighted by atomic mass is 127. The second kappa shape index (κ2) is 4.12. The van der Waals surface area contributed by atoms with Crippen LogP contribution in [0, 0.1) is 5.41 Å². The molecular weight excluding hydrogens is 250 g/mol. The average Bonchev–Trinajstić information content (AvgIpc) is 1.55. The van der Waals surface area contributed by atoms with E-state index in [4.69, 9.17) is 10.9 Å². The predicted octanol–water partition coefficient (Wildman–Crippen LogP) is 3.14. The fraction of sp³-hybridized carbons (Fsp3) is 1.00. The topological polar surface area (TPSA) is 9.23 Å². The lowest BCUT2D eigenvalue weighted by molar-refractivity contribution is 0.260. The van der Waals surface area contributed by atoms with Gasteiger partial charge in [0, 0.05) is 0 Å². The Labute approximate surface area is 85.4 Å². The Hall–Kier alpha value is 0.755. The third kappa shape index (κ3) is 7.13. The summed E-state index contributed by atoms with van der Waals surface area (Å²) in [5, 5.41) is -0.195. The van der Waals surface area contributed by atoms with Gasteiger partial charge in [-0.3, -0.25) is 0 Å². The van der Waals surface area contributed by atoms with Gasteiger partial charge in [-0.1, -0.05) is 27.7 Å². The molecule has 0 saturated carbocycles. The normalized spacial score (nSPS) is 17.9. The van der Waals surface area contributed by atoms with E-state index in [0.717, 1.165) is 6.42 Å². The van der Waals surface area contributed by atoms with Crippen LogP contribution in [0.3, 0.4) is 0 Å². The van der Waals surface area contributed by atoms with Crippen LogP contribution in [0.2, 0.25) is 5.31 Å². The second-order valence-electron chi connectivity index (χ2n) is 4.64. The van der Waals surface area contributed by atoms with Crippen molar-refractivity contribution in [1.82, 2.24) is 0 Å². The zero-order chi connectivity index (χ0) is 9.12. The molecule has 0 amide bonds. The first kappa shape index (κ1) is 11.8. The van der Waals surface area contributed by atoms with Crippen LogP contribution in [0.4, 0.5) is 0 Å². The molecule has 1 nitrogen and oxygen atoms in total. The highest BCUT2D eigenvalue weighted by Crippen LogP contribution is 2.36. The van der Waals surface area contributed by atoms with Crippen molar-refractivity contribution in [2.24, 2.45) is 5.41 Å². The van der Waals surface area contributed by atoms with E-state index >= 15 is 0 Å². The molecule has 11 heavy (non-hydrogen) atoms. The van der Waals surface area contributed by atoms with Crippen LogP contribution in [-0.2, 0) is 3.07 Å². The van der Waals surface area contributed by atoms with Gasteiger partial charge in [0.25, 0.3) is 0 Å². The second-order valence-corrected chi connectivity index (χ2v) is 5.27. The Bertz CT molecular complexity index is 118. The number of rotatable bonds is 3. The molecule has 0 N–H and O–H groups in total. The van der Waals surface area contributed by atoms with Crippen LogP contribution in [0.15, 0.2) is 0 Å². The van der Waals surface area contributed by atoms with Gasteiger partial charge in [-0.05, 0) is 17.2 Å². The number of halogens is 1. The minimum atomic E-state index is -0.195. The Morgan fingerprint density at radius 1 is 1.27 bits per heavy atom. The summed E-state index contributed by atoms with van der Waals surface area (Å²) in [5.74, 6) is 0. The summed E-state index contributed by atoms with van der Waals surface area (Å²) in [6.45, 7) is 9.20. The lowest BCUT2D eigenvalue weighted by Crippen LogP contribution is -2.21. The lowest BCUT2D eigenvalue weighted by atomic mass is 9.63. The highest BCUT2D eigenvalue weighted by Gasteiger charge is 2.24. The number of hydrogen-bond acceptors (Lipinski definition) is 1. The Morgan fingerprint density at radius 2 is 1.73 bits per heavy atom. The Morgan fingerprint density at radius 3 is 2.00 bits per heavy atom. The molecule has 0 aliphatic heterocycles. The molecule has 0 aromatic rings. The van der Waals surface area contributed by atoms with E-state index in [9.17, 15) is 0 Å². The van der Waals surface area contributed by atoms with Crippen LogP contribution in [-0.4, -0.2) is 14.5 Å². The summed E-state index contributed by atoms with van der Waals surface area (Å²) in [6, 6.07) is 0. The van der Waals surface area contributed by atoms with Gasteiger partial charge in [-0.2, -0.15) is 0 Å². The van der Waals surface area contributed by atoms with E-state index in [2.05, 4.69) is 20.8 Å². The quantitative estimate of drug-likeness (QED) is 0.563. The minimum Gasteiger partial charge on any atom is -0.316 e. The van der Waals surface area contributed by atoms with Gasteiger partial charge in [0.1, 0.15) is 23.0 Å². The zero-order valence-corrected chi connectivity index (χ0v) is 9.94. The summed E-state index contributed by atoms with van der Waals surface area (Å²) in [4.78, 5) is 0. The molecule has 0 saturated heterocycles. The van der Waals surface area contributed by atoms with E-state index in [1.54, 1.807) is 0 Å². The van der Waals surface area contributed by atoms with Gasteiger partial charge in [-0.25, -0.2) is 0 Å². The predicted molar refractivity (Wildman–Crippen MR) is 58.2 cm³/mol. The van der Waals surface area contributed by atoms with E-state index in [0.29, 0.717) is 6.61 Å². The smallest absolute Gasteiger partial charge is 0.109 e. The van der Waals surface area contributed by atoms with Gasteiger partial charge in [0.2, 0.25) is 0 Å². The molecule has 0 spiro atoms. The van der Waals surface area contributed by atoms with Crippen molar-refractivity contribution in [2.45, 2.75) is 39.4 Å². The molecule has 0 fully saturated rings. The molecule has 3 heteroatoms. The van der Waals surface area contributed by atoms with Crippen LogP contribution in [0.1, 0.15) is 34.1 Å². The molecule has 2 radical (unpaired) electrons. The monoisotopic (exact) mass is 266 g/mol. The molecule has 64 valence electrons. The minimum absolute atomic E-state index is 0.195. The first-order valence-corrected chi connectivity index (χ1v) is 4.67. The van der Waals surface area contributed by atoms with Crippen molar-refractivity contribution in [3.8, 4) is 0 Å². The molecule has 0 heterocycles. The molecule has 0 aliphatic carbocycles. The number of hydrogen-bond donors (Lipinski definition) is 0. The first-order chi connectivity index (χ1) is 4.77. The molecule has 1 unspecified atom stereocenters. The van der Waals surface area contributed by atoms with Crippen LogP contribution in [0.5, 0.6) is 0 Å². The average molecular weight is 266 g/mol. The van der Waals surface area contributed by atoms with Crippen molar-refractivity contribution in [1.29, 1.82) is 0 Å². The molecular formula is C8H16BIO. The standard InChI is InChI=1S/C8H16BIO/c1-7(2,3)5-8(4,9)6-11-10/h5-6H2,1-4H3. The van der Waals surface area contributed by atoms with Gasteiger partial charge >= 0.3 is 0 Å². The maximum Gasteiger partial charge on any atom is 0.109 e. The van der Waals surface area contributed by atoms with Crippen LogP contribution < -0.4 is 0 Å². The van der Waals surface area contributed by atoms with Crippen molar-refractivity contribution in [3.05, 3.63) is 0 Å². The third-order valence-electron chi connectivity index (χ3n) is 1.32. The summed E-state index contributed by atoms with van der Waals surface area (Å²) in [5.41, 5.74) is 0.276. The van der Waals surface area contributed by atoms with Crippen molar-refractivity contribution in [2.75, 3.05) is 6.61 Å². The van der Waals surface area contributed by atoms with E-state index in [1.165, 1.54) is 0 Å². The maximum absolute atomic E-state index is 5.98. The fourth-order valence-electron chi connectivity index (χ4n) is 1.39. The zero-order valence-electron chi connectivity index (χ0n) is 7.78. The molecule has 0 rings (SSSR count). The van der Waals surface area contributed by atoms with Crippen LogP contribution >= 0.6 is 23.0 Å². The van der Waals surface area contributed by atoms with Crippen molar-refractivity contribution >= 4 is 30.9 Å². The van der Waals surface area contributed by atoms with Gasteiger partial charge in [0.15, 0.2) is 0 Å². The molecule has 0 aromatic heterocycles. The SMILES string of the molecule is [B]C(C)(COI)CC(C)(C)C. The summed E-state index contributed by atoms with van der Waals surface area (Å²) in [7, 11) is 5.98. The fourth-order valence-corrected chi connectivity index (χ4v) is 2.10. The highest BCUT2D eigenvalue weighted by molar-refractivity contribution is 14.1. The molecule has 0 aromatic carbocycles. The molecule has 0 aliphatic rings. The van der Waals surface area contributed by atoms with Gasteiger partial charge in [0.05, 0.1) is 14.5 Å². The van der Waals surface area contributed by atoms with E-state index in [-0.39, 0.29) is 10.7 Å². The van der Waals surface area contributed by atoms with Gasteiger partial charge in [-0.15, -0.1) is 0 Å². The van der Waals surface area contributed by atoms with Crippen molar-refractivity contribution < 1.29 is 3.07 Å². The Kier molecular flexibility index (Phi) is 4.41. The van der Waals surface area contributed by atoms with Gasteiger partial charge < -0.3 is 3.07 Å². The maximum atomic E-state index is 5.98. The lowest BCUT2D eigenvalue weighted by Gasteiger charge is -2.31. The van der Waals surface area contributed by atoms with E-state index < -0.39 is 0 Å². The molecule has 1 atom stereocenters. The third-order valence-corrected chi connectivity index (χ3v) is 1.63. The van der Waals surface area contributed by atoms with Crippen molar-refractivity contribution in [3.63, 3.8) is 0 Å². The molecule has 0 bridgehead atoms. The van der Waals surface area contributed by atoms with Crippen LogP contribution in [0.25, 0.3) is 0 Å². The summed E-state index contributed by atoms with van der Waals surface area (Å²) in [6.07, 6.45) is 0.975.